The number of fused-ring (bicyclic) bond motifs is 1. The van der Waals surface area contributed by atoms with Crippen LogP contribution in [0.15, 0.2) is 36.7 Å². The number of hydrogen-bond donors (Lipinski definition) is 0. The molecule has 148 valence electrons. The fraction of sp³-hybridized carbons (Fsp3) is 0.250. The molecule has 0 saturated heterocycles. The van der Waals surface area contributed by atoms with E-state index >= 15 is 0 Å². The molecule has 9 heteroatoms. The highest BCUT2D eigenvalue weighted by atomic mass is 35.5. The van der Waals surface area contributed by atoms with Crippen LogP contribution in [0, 0.1) is 25.2 Å². The first-order chi connectivity index (χ1) is 13.9. The molecule has 0 spiro atoms. The predicted octanol–water partition coefficient (Wildman–Crippen LogP) is 3.10. The highest BCUT2D eigenvalue weighted by Crippen LogP contribution is 2.23. The lowest BCUT2D eigenvalue weighted by Gasteiger charge is -2.22. The number of ether oxygens (including phenoxy) is 1. The van der Waals surface area contributed by atoms with E-state index < -0.39 is 18.5 Å². The van der Waals surface area contributed by atoms with Gasteiger partial charge >= 0.3 is 5.97 Å². The van der Waals surface area contributed by atoms with Crippen molar-refractivity contribution in [1.82, 2.24) is 14.6 Å². The molecule has 0 radical (unpaired) electrons. The van der Waals surface area contributed by atoms with Crippen molar-refractivity contribution < 1.29 is 14.3 Å². The first kappa shape index (κ1) is 20.3. The number of esters is 1. The number of hydrogen-bond acceptors (Lipinski definition) is 6. The third-order valence-corrected chi connectivity index (χ3v) is 4.73. The Labute approximate surface area is 172 Å². The molecule has 0 atom stereocenters. The van der Waals surface area contributed by atoms with Crippen LogP contribution in [0.2, 0.25) is 5.02 Å². The van der Waals surface area contributed by atoms with E-state index in [0.29, 0.717) is 22.1 Å². The van der Waals surface area contributed by atoms with Gasteiger partial charge in [0.05, 0.1) is 18.2 Å². The van der Waals surface area contributed by atoms with Crippen molar-refractivity contribution in [2.45, 2.75) is 20.3 Å². The van der Waals surface area contributed by atoms with Crippen molar-refractivity contribution in [3.63, 3.8) is 0 Å². The second-order valence-corrected chi connectivity index (χ2v) is 6.72. The molecule has 2 heterocycles. The SMILES string of the molecule is Cc1cc(N(CCC#N)C(=O)COC(=O)c2c(C)nn3cccnc23)ccc1Cl. The van der Waals surface area contributed by atoms with Gasteiger partial charge in [-0.3, -0.25) is 4.79 Å². The van der Waals surface area contributed by atoms with Crippen LogP contribution in [0.4, 0.5) is 5.69 Å². The van der Waals surface area contributed by atoms with E-state index in [1.807, 2.05) is 13.0 Å². The zero-order chi connectivity index (χ0) is 21.0. The zero-order valence-corrected chi connectivity index (χ0v) is 16.7. The van der Waals surface area contributed by atoms with Crippen molar-refractivity contribution in [2.24, 2.45) is 0 Å². The normalized spacial score (nSPS) is 10.6. The van der Waals surface area contributed by atoms with Crippen molar-refractivity contribution in [2.75, 3.05) is 18.1 Å². The average Bonchev–Trinajstić information content (AvgIpc) is 3.04. The van der Waals surface area contributed by atoms with Gasteiger partial charge < -0.3 is 9.64 Å². The van der Waals surface area contributed by atoms with Gasteiger partial charge in [-0.25, -0.2) is 14.3 Å². The first-order valence-electron chi connectivity index (χ1n) is 8.83. The maximum atomic E-state index is 12.7. The Morgan fingerprint density at radius 2 is 2.14 bits per heavy atom. The Kier molecular flexibility index (Phi) is 6.10. The average molecular weight is 412 g/mol. The molecule has 8 nitrogen and oxygen atoms in total. The number of halogens is 1. The first-order valence-corrected chi connectivity index (χ1v) is 9.20. The van der Waals surface area contributed by atoms with E-state index in [0.717, 1.165) is 5.56 Å². The highest BCUT2D eigenvalue weighted by Gasteiger charge is 2.23. The molecule has 3 aromatic rings. The quantitative estimate of drug-likeness (QED) is 0.577. The molecule has 1 amide bonds. The number of amides is 1. The Bertz CT molecular complexity index is 1120. The molecule has 0 saturated carbocycles. The summed E-state index contributed by atoms with van der Waals surface area (Å²) < 4.78 is 6.72. The number of anilines is 1. The topological polar surface area (TPSA) is 101 Å². The number of aryl methyl sites for hydroxylation is 2. The molecule has 3 rings (SSSR count). The molecule has 0 N–H and O–H groups in total. The zero-order valence-electron chi connectivity index (χ0n) is 15.9. The van der Waals surface area contributed by atoms with Crippen molar-refractivity contribution in [3.8, 4) is 6.07 Å². The lowest BCUT2D eigenvalue weighted by molar-refractivity contribution is -0.121. The Balaban J connectivity index is 1.77. The second kappa shape index (κ2) is 8.71. The molecule has 0 unspecified atom stereocenters. The summed E-state index contributed by atoms with van der Waals surface area (Å²) in [6.07, 6.45) is 3.35. The smallest absolute Gasteiger partial charge is 0.344 e. The largest absolute Gasteiger partial charge is 0.452 e. The molecule has 1 aromatic carbocycles. The van der Waals surface area contributed by atoms with Gasteiger partial charge in [0.15, 0.2) is 12.3 Å². The Hall–Kier alpha value is -3.44. The minimum absolute atomic E-state index is 0.137. The lowest BCUT2D eigenvalue weighted by atomic mass is 10.2. The maximum Gasteiger partial charge on any atom is 0.344 e. The molecular formula is C20H18ClN5O3. The summed E-state index contributed by atoms with van der Waals surface area (Å²) in [7, 11) is 0. The van der Waals surface area contributed by atoms with Gasteiger partial charge in [-0.2, -0.15) is 10.4 Å². The molecule has 0 bridgehead atoms. The third-order valence-electron chi connectivity index (χ3n) is 4.30. The summed E-state index contributed by atoms with van der Waals surface area (Å²) in [5.74, 6) is -1.13. The second-order valence-electron chi connectivity index (χ2n) is 6.31. The number of carbonyl (C=O) groups is 2. The summed E-state index contributed by atoms with van der Waals surface area (Å²) in [5.41, 5.74) is 2.40. The van der Waals surface area contributed by atoms with Crippen molar-refractivity contribution in [3.05, 3.63) is 58.5 Å². The van der Waals surface area contributed by atoms with Gasteiger partial charge in [-0.1, -0.05) is 11.6 Å². The molecule has 2 aromatic heterocycles. The van der Waals surface area contributed by atoms with Crippen LogP contribution in [-0.2, 0) is 9.53 Å². The van der Waals surface area contributed by atoms with E-state index in [2.05, 4.69) is 10.1 Å². The summed E-state index contributed by atoms with van der Waals surface area (Å²) in [5, 5.41) is 13.7. The fourth-order valence-electron chi connectivity index (χ4n) is 2.87. The number of carbonyl (C=O) groups excluding carboxylic acids is 2. The molecule has 29 heavy (non-hydrogen) atoms. The van der Waals surface area contributed by atoms with Gasteiger partial charge in [-0.05, 0) is 43.7 Å². The molecule has 0 fully saturated rings. The highest BCUT2D eigenvalue weighted by molar-refractivity contribution is 6.31. The van der Waals surface area contributed by atoms with E-state index in [4.69, 9.17) is 21.6 Å². The number of rotatable bonds is 6. The van der Waals surface area contributed by atoms with Gasteiger partial charge in [-0.15, -0.1) is 0 Å². The van der Waals surface area contributed by atoms with E-state index in [1.165, 1.54) is 9.42 Å². The van der Waals surface area contributed by atoms with Crippen molar-refractivity contribution >= 4 is 34.8 Å². The van der Waals surface area contributed by atoms with Gasteiger partial charge in [0.1, 0.15) is 5.56 Å². The standard InChI is InChI=1S/C20H18ClN5O3/c1-13-11-15(5-6-16(13)21)25(9-3-7-22)17(27)12-29-20(28)18-14(2)24-26-10-4-8-23-19(18)26/h4-6,8,10-11H,3,9,12H2,1-2H3. The van der Waals surface area contributed by atoms with Crippen LogP contribution in [0.5, 0.6) is 0 Å². The van der Waals surface area contributed by atoms with E-state index in [9.17, 15) is 9.59 Å². The molecular weight excluding hydrogens is 394 g/mol. The van der Waals surface area contributed by atoms with Crippen LogP contribution < -0.4 is 4.90 Å². The summed E-state index contributed by atoms with van der Waals surface area (Å²) in [4.78, 5) is 30.8. The number of nitriles is 1. The van der Waals surface area contributed by atoms with Gasteiger partial charge in [0, 0.05) is 29.6 Å². The summed E-state index contributed by atoms with van der Waals surface area (Å²) in [6.45, 7) is 3.18. The predicted molar refractivity (Wildman–Crippen MR) is 107 cm³/mol. The summed E-state index contributed by atoms with van der Waals surface area (Å²) >= 11 is 6.05. The maximum absolute atomic E-state index is 12.7. The van der Waals surface area contributed by atoms with Crippen LogP contribution >= 0.6 is 11.6 Å². The molecule has 0 aliphatic carbocycles. The third kappa shape index (κ3) is 4.36. The number of benzene rings is 1. The lowest BCUT2D eigenvalue weighted by Crippen LogP contribution is -2.35. The van der Waals surface area contributed by atoms with Crippen LogP contribution in [-0.4, -0.2) is 39.6 Å². The number of aromatic nitrogens is 3. The Morgan fingerprint density at radius 1 is 1.34 bits per heavy atom. The number of nitrogens with zero attached hydrogens (tertiary/aromatic N) is 5. The summed E-state index contributed by atoms with van der Waals surface area (Å²) in [6, 6.07) is 8.82. The molecule has 0 aliphatic rings. The van der Waals surface area contributed by atoms with E-state index in [1.54, 1.807) is 43.6 Å². The monoisotopic (exact) mass is 411 g/mol. The van der Waals surface area contributed by atoms with Gasteiger partial charge in [0.25, 0.3) is 5.91 Å². The molecule has 0 aliphatic heterocycles. The van der Waals surface area contributed by atoms with Crippen LogP contribution in [0.3, 0.4) is 0 Å². The fourth-order valence-corrected chi connectivity index (χ4v) is 2.99. The Morgan fingerprint density at radius 3 is 2.86 bits per heavy atom. The van der Waals surface area contributed by atoms with Crippen LogP contribution in [0.1, 0.15) is 28.0 Å². The van der Waals surface area contributed by atoms with Crippen LogP contribution in [0.25, 0.3) is 5.65 Å². The minimum Gasteiger partial charge on any atom is -0.452 e. The minimum atomic E-state index is -0.683. The van der Waals surface area contributed by atoms with Crippen molar-refractivity contribution in [1.29, 1.82) is 5.26 Å². The van der Waals surface area contributed by atoms with E-state index in [-0.39, 0.29) is 18.5 Å². The van der Waals surface area contributed by atoms with Gasteiger partial charge in [0.2, 0.25) is 0 Å².